The van der Waals surface area contributed by atoms with Crippen molar-refractivity contribution < 1.29 is 18.0 Å². The fourth-order valence-corrected chi connectivity index (χ4v) is 1.85. The molecule has 0 fully saturated rings. The van der Waals surface area contributed by atoms with Crippen LogP contribution in [0.3, 0.4) is 0 Å². The highest BCUT2D eigenvalue weighted by atomic mass is 35.5. The lowest BCUT2D eigenvalue weighted by Gasteiger charge is -2.09. The van der Waals surface area contributed by atoms with Gasteiger partial charge in [-0.1, -0.05) is 11.6 Å². The minimum absolute atomic E-state index is 0.00197. The summed E-state index contributed by atoms with van der Waals surface area (Å²) in [6.07, 6.45) is 1.19. The average molecular weight is 316 g/mol. The maximum atomic E-state index is 13.4. The van der Waals surface area contributed by atoms with E-state index in [1.165, 1.54) is 12.3 Å². The van der Waals surface area contributed by atoms with Crippen molar-refractivity contribution in [2.24, 2.45) is 0 Å². The van der Waals surface area contributed by atoms with Crippen LogP contribution >= 0.6 is 11.6 Å². The van der Waals surface area contributed by atoms with Gasteiger partial charge < -0.3 is 10.6 Å². The normalized spacial score (nSPS) is 10.3. The van der Waals surface area contributed by atoms with Gasteiger partial charge in [0.05, 0.1) is 10.6 Å². The van der Waals surface area contributed by atoms with E-state index in [0.717, 1.165) is 0 Å². The molecular weight excluding hydrogens is 307 g/mol. The van der Waals surface area contributed by atoms with E-state index in [1.54, 1.807) is 7.05 Å². The SMILES string of the molecule is CNc1ncc(C(=O)Nc2c(F)cc(F)cc2F)cc1Cl. The van der Waals surface area contributed by atoms with Crippen LogP contribution in [0, 0.1) is 17.5 Å². The molecule has 110 valence electrons. The number of carbonyl (C=O) groups excluding carboxylic acids is 1. The van der Waals surface area contributed by atoms with Crippen LogP contribution in [0.15, 0.2) is 24.4 Å². The number of carbonyl (C=O) groups is 1. The van der Waals surface area contributed by atoms with E-state index in [9.17, 15) is 18.0 Å². The van der Waals surface area contributed by atoms with E-state index in [-0.39, 0.29) is 10.6 Å². The molecule has 1 aromatic heterocycles. The van der Waals surface area contributed by atoms with Gasteiger partial charge in [0.15, 0.2) is 11.6 Å². The number of hydrogen-bond donors (Lipinski definition) is 2. The molecule has 0 radical (unpaired) electrons. The predicted octanol–water partition coefficient (Wildman–Crippen LogP) is 3.45. The van der Waals surface area contributed by atoms with Gasteiger partial charge in [-0.3, -0.25) is 4.79 Å². The third-order valence-electron chi connectivity index (χ3n) is 2.59. The van der Waals surface area contributed by atoms with Gasteiger partial charge in [0, 0.05) is 25.4 Å². The van der Waals surface area contributed by atoms with E-state index >= 15 is 0 Å². The van der Waals surface area contributed by atoms with E-state index in [1.807, 2.05) is 5.32 Å². The standard InChI is InChI=1S/C13H9ClF3N3O/c1-18-12-8(14)2-6(5-19-12)13(21)20-11-9(16)3-7(15)4-10(11)17/h2-5H,1H3,(H,18,19)(H,20,21). The summed E-state index contributed by atoms with van der Waals surface area (Å²) in [5.41, 5.74) is -0.739. The highest BCUT2D eigenvalue weighted by Gasteiger charge is 2.16. The second kappa shape index (κ2) is 6.01. The number of anilines is 2. The molecule has 21 heavy (non-hydrogen) atoms. The number of benzene rings is 1. The third-order valence-corrected chi connectivity index (χ3v) is 2.87. The largest absolute Gasteiger partial charge is 0.372 e. The van der Waals surface area contributed by atoms with E-state index in [4.69, 9.17) is 11.6 Å². The molecule has 0 spiro atoms. The van der Waals surface area contributed by atoms with Gasteiger partial charge in [-0.05, 0) is 6.07 Å². The molecule has 0 saturated carbocycles. The molecule has 2 rings (SSSR count). The van der Waals surface area contributed by atoms with Gasteiger partial charge >= 0.3 is 0 Å². The first kappa shape index (κ1) is 15.1. The fourth-order valence-electron chi connectivity index (χ4n) is 1.59. The Morgan fingerprint density at radius 3 is 2.33 bits per heavy atom. The number of pyridine rings is 1. The number of halogens is 4. The summed E-state index contributed by atoms with van der Waals surface area (Å²) in [5.74, 6) is -3.98. The summed E-state index contributed by atoms with van der Waals surface area (Å²) < 4.78 is 39.7. The summed E-state index contributed by atoms with van der Waals surface area (Å²) in [5, 5.41) is 4.88. The number of hydrogen-bond acceptors (Lipinski definition) is 3. The monoisotopic (exact) mass is 315 g/mol. The minimum Gasteiger partial charge on any atom is -0.372 e. The number of rotatable bonds is 3. The number of nitrogens with one attached hydrogen (secondary N) is 2. The van der Waals surface area contributed by atoms with E-state index in [0.29, 0.717) is 18.0 Å². The molecule has 0 aliphatic carbocycles. The molecule has 0 aliphatic rings. The zero-order valence-electron chi connectivity index (χ0n) is 10.7. The molecule has 1 amide bonds. The molecular formula is C13H9ClF3N3O. The summed E-state index contributed by atoms with van der Waals surface area (Å²) >= 11 is 5.86. The van der Waals surface area contributed by atoms with E-state index in [2.05, 4.69) is 10.3 Å². The molecule has 1 heterocycles. The van der Waals surface area contributed by atoms with Crippen LogP contribution in [-0.2, 0) is 0 Å². The van der Waals surface area contributed by atoms with Crippen molar-refractivity contribution in [3.05, 3.63) is 52.4 Å². The van der Waals surface area contributed by atoms with Crippen molar-refractivity contribution in [1.82, 2.24) is 4.98 Å². The molecule has 8 heteroatoms. The Bertz CT molecular complexity index is 686. The quantitative estimate of drug-likeness (QED) is 0.912. The first-order valence-corrected chi connectivity index (χ1v) is 6.09. The lowest BCUT2D eigenvalue weighted by Crippen LogP contribution is -2.15. The fraction of sp³-hybridized carbons (Fsp3) is 0.0769. The van der Waals surface area contributed by atoms with Crippen LogP contribution in [0.5, 0.6) is 0 Å². The first-order valence-electron chi connectivity index (χ1n) is 5.71. The third kappa shape index (κ3) is 3.25. The maximum absolute atomic E-state index is 13.4. The molecule has 2 aromatic rings. The minimum atomic E-state index is -1.22. The van der Waals surface area contributed by atoms with Crippen LogP contribution in [-0.4, -0.2) is 17.9 Å². The lowest BCUT2D eigenvalue weighted by atomic mass is 10.2. The topological polar surface area (TPSA) is 54.0 Å². The Morgan fingerprint density at radius 2 is 1.81 bits per heavy atom. The van der Waals surface area contributed by atoms with Gasteiger partial charge in [0.25, 0.3) is 5.91 Å². The maximum Gasteiger partial charge on any atom is 0.257 e. The van der Waals surface area contributed by atoms with Crippen LogP contribution < -0.4 is 10.6 Å². The van der Waals surface area contributed by atoms with Crippen molar-refractivity contribution in [3.8, 4) is 0 Å². The summed E-state index contributed by atoms with van der Waals surface area (Å²) in [4.78, 5) is 15.8. The van der Waals surface area contributed by atoms with Crippen LogP contribution in [0.1, 0.15) is 10.4 Å². The Balaban J connectivity index is 2.28. The van der Waals surface area contributed by atoms with Crippen LogP contribution in [0.25, 0.3) is 0 Å². The van der Waals surface area contributed by atoms with Crippen molar-refractivity contribution in [3.63, 3.8) is 0 Å². The van der Waals surface area contributed by atoms with Crippen molar-refractivity contribution >= 4 is 29.0 Å². The smallest absolute Gasteiger partial charge is 0.257 e. The molecule has 0 aliphatic heterocycles. The number of amides is 1. The summed E-state index contributed by atoms with van der Waals surface area (Å²) in [6, 6.07) is 2.22. The van der Waals surface area contributed by atoms with Gasteiger partial charge in [-0.15, -0.1) is 0 Å². The van der Waals surface area contributed by atoms with Crippen molar-refractivity contribution in [2.45, 2.75) is 0 Å². The highest BCUT2D eigenvalue weighted by Crippen LogP contribution is 2.23. The Kier molecular flexibility index (Phi) is 4.32. The Morgan fingerprint density at radius 1 is 1.19 bits per heavy atom. The summed E-state index contributed by atoms with van der Waals surface area (Å²) in [6.45, 7) is 0. The number of nitrogens with zero attached hydrogens (tertiary/aromatic N) is 1. The van der Waals surface area contributed by atoms with Crippen LogP contribution in [0.2, 0.25) is 5.02 Å². The summed E-state index contributed by atoms with van der Waals surface area (Å²) in [7, 11) is 1.59. The van der Waals surface area contributed by atoms with Crippen molar-refractivity contribution in [2.75, 3.05) is 17.7 Å². The highest BCUT2D eigenvalue weighted by molar-refractivity contribution is 6.33. The van der Waals surface area contributed by atoms with E-state index < -0.39 is 29.0 Å². The predicted molar refractivity (Wildman–Crippen MR) is 73.1 cm³/mol. The van der Waals surface area contributed by atoms with Gasteiger partial charge in [-0.2, -0.15) is 0 Å². The molecule has 1 aromatic carbocycles. The van der Waals surface area contributed by atoms with Crippen LogP contribution in [0.4, 0.5) is 24.7 Å². The second-order valence-electron chi connectivity index (χ2n) is 4.00. The van der Waals surface area contributed by atoms with Gasteiger partial charge in [0.2, 0.25) is 0 Å². The average Bonchev–Trinajstić information content (AvgIpc) is 2.42. The molecule has 2 N–H and O–H groups in total. The Hall–Kier alpha value is -2.28. The molecule has 0 atom stereocenters. The molecule has 0 saturated heterocycles. The molecule has 4 nitrogen and oxygen atoms in total. The van der Waals surface area contributed by atoms with Crippen molar-refractivity contribution in [1.29, 1.82) is 0 Å². The van der Waals surface area contributed by atoms with Gasteiger partial charge in [-0.25, -0.2) is 18.2 Å². The zero-order valence-corrected chi connectivity index (χ0v) is 11.4. The number of aromatic nitrogens is 1. The Labute approximate surface area is 122 Å². The molecule has 0 unspecified atom stereocenters. The molecule has 0 bridgehead atoms. The first-order chi connectivity index (χ1) is 9.92. The lowest BCUT2D eigenvalue weighted by molar-refractivity contribution is 0.102. The second-order valence-corrected chi connectivity index (χ2v) is 4.41. The van der Waals surface area contributed by atoms with Gasteiger partial charge in [0.1, 0.15) is 17.3 Å². The zero-order chi connectivity index (χ0) is 15.6.